The number of unbranched alkanes of at least 4 members (excludes halogenated alkanes) is 1. The number of allylic oxidation sites excluding steroid dienone is 2. The van der Waals surface area contributed by atoms with Gasteiger partial charge in [0.2, 0.25) is 0 Å². The second-order valence-electron chi connectivity index (χ2n) is 15.1. The van der Waals surface area contributed by atoms with Crippen molar-refractivity contribution >= 4 is 89.6 Å². The number of carbonyl (C=O) groups excluding carboxylic acids is 8. The first-order chi connectivity index (χ1) is 35.1. The number of cyclic esters (lactones) is 3. The number of Topliss-reactive ketones (excluding diaryl/α,β-unsaturated/α-hetero) is 2. The van der Waals surface area contributed by atoms with E-state index in [0.29, 0.717) is 77.6 Å². The van der Waals surface area contributed by atoms with Crippen LogP contribution in [0.25, 0.3) is 0 Å². The van der Waals surface area contributed by atoms with E-state index in [1.165, 1.54) is 0 Å². The Morgan fingerprint density at radius 3 is 1.75 bits per heavy atom. The predicted molar refractivity (Wildman–Crippen MR) is 250 cm³/mol. The van der Waals surface area contributed by atoms with Crippen LogP contribution in [0.1, 0.15) is 129 Å². The standard InChI is InChI=1S/C21H34O8.C8H12O2.C6H8O3.C5H8O2.C2H6O.2CHF3O3S.Sn/c1-3-8-17(21(26)29-15-6-5-10-19(24)27-4-2)9-7-16-28-20(25)12-11-18(23)13-14-22;1-2-4-7-5-3-6-10-8(7)9;7-5-1-2-6(8)9-4-3-5;6-5-3-1-2-4-7-5;1-2-3;2*2-1(3,4)8(5,6)7;/h3,17,22H,1,4-16H2,2H3;2,7H,1,3-6H2;1-4H2;1-4H2;3H,2H2,1H3;2*(H,5,6,7);/q;;;;;;;+2/p-2. The predicted octanol–water partition coefficient (Wildman–Crippen LogP) is 5.27. The van der Waals surface area contributed by atoms with Crippen LogP contribution in [0, 0.1) is 11.8 Å². The molecule has 2 atom stereocenters. The SMILES string of the molecule is C=CCC(CCCOC(=O)CCC(=O)CCO)C(=O)OCCCCC(=O)OCC.C=CCC1CCCOC1=O.CCO.O=C1CCCCO1.O=C1CCOC(=O)CC1.O=S(=O)([O][Sn][O]S(=O)(=O)C(F)(F)F)C(F)(F)F. The van der Waals surface area contributed by atoms with E-state index in [1.54, 1.807) is 26.0 Å². The summed E-state index contributed by atoms with van der Waals surface area (Å²) in [6, 6.07) is 0. The normalized spacial score (nSPS) is 15.9. The van der Waals surface area contributed by atoms with E-state index in [9.17, 15) is 81.5 Å². The number of hydrogen-bond acceptors (Lipinski definition) is 22. The summed E-state index contributed by atoms with van der Waals surface area (Å²) in [5, 5.41) is 16.2. The molecule has 0 aliphatic carbocycles. The molecule has 0 saturated carbocycles. The average Bonchev–Trinajstić information content (AvgIpc) is 3.52. The van der Waals surface area contributed by atoms with Gasteiger partial charge in [0.1, 0.15) is 11.6 Å². The Bertz CT molecular complexity index is 1880. The van der Waals surface area contributed by atoms with Gasteiger partial charge in [0, 0.05) is 51.7 Å². The molecule has 31 heteroatoms. The molecule has 3 saturated heterocycles. The van der Waals surface area contributed by atoms with E-state index < -0.39 is 59.2 Å². The Morgan fingerprint density at radius 1 is 0.693 bits per heavy atom. The van der Waals surface area contributed by atoms with Crippen molar-refractivity contribution in [1.82, 2.24) is 0 Å². The maximum atomic E-state index is 12.2. The Morgan fingerprint density at radius 2 is 1.25 bits per heavy atom. The topological polar surface area (TPSA) is 319 Å². The zero-order chi connectivity index (χ0) is 57.9. The number of carbonyl (C=O) groups is 8. The number of rotatable bonds is 24. The van der Waals surface area contributed by atoms with Crippen LogP contribution in [0.15, 0.2) is 25.3 Å². The number of esters is 6. The van der Waals surface area contributed by atoms with Gasteiger partial charge in [-0.1, -0.05) is 12.2 Å². The summed E-state index contributed by atoms with van der Waals surface area (Å²) >= 11 is -3.86. The van der Waals surface area contributed by atoms with Crippen LogP contribution in [0.3, 0.4) is 0 Å². The summed E-state index contributed by atoms with van der Waals surface area (Å²) in [7, 11) is -12.3. The van der Waals surface area contributed by atoms with E-state index in [1.807, 2.05) is 0 Å². The molecule has 75 heavy (non-hydrogen) atoms. The van der Waals surface area contributed by atoms with Gasteiger partial charge in [-0.05, 0) is 78.1 Å². The first-order valence-electron chi connectivity index (χ1n) is 23.3. The molecule has 0 aromatic carbocycles. The first kappa shape index (κ1) is 75.0. The minimum absolute atomic E-state index is 0.0112. The van der Waals surface area contributed by atoms with Crippen molar-refractivity contribution < 1.29 is 125 Å². The van der Waals surface area contributed by atoms with Crippen molar-refractivity contribution in [2.45, 2.75) is 140 Å². The Labute approximate surface area is 443 Å². The van der Waals surface area contributed by atoms with E-state index in [-0.39, 0.29) is 112 Å². The van der Waals surface area contributed by atoms with Crippen LogP contribution in [0.2, 0.25) is 0 Å². The van der Waals surface area contributed by atoms with Crippen molar-refractivity contribution in [3.05, 3.63) is 25.3 Å². The molecule has 3 fully saturated rings. The van der Waals surface area contributed by atoms with Gasteiger partial charge in [-0.25, -0.2) is 0 Å². The number of aliphatic hydroxyl groups is 2. The Hall–Kier alpha value is -4.24. The van der Waals surface area contributed by atoms with E-state index in [2.05, 4.69) is 27.7 Å². The number of ketones is 2. The molecule has 0 aromatic rings. The molecule has 3 aliphatic rings. The molecule has 0 amide bonds. The van der Waals surface area contributed by atoms with Crippen molar-refractivity contribution in [3.8, 4) is 0 Å². The van der Waals surface area contributed by atoms with E-state index in [4.69, 9.17) is 29.2 Å². The van der Waals surface area contributed by atoms with E-state index >= 15 is 0 Å². The zero-order valence-corrected chi connectivity index (χ0v) is 46.2. The van der Waals surface area contributed by atoms with Crippen molar-refractivity contribution in [2.75, 3.05) is 52.9 Å². The van der Waals surface area contributed by atoms with Crippen LogP contribution in [-0.4, -0.2) is 160 Å². The second-order valence-corrected chi connectivity index (χ2v) is 21.5. The minimum atomic E-state index is -6.15. The summed E-state index contributed by atoms with van der Waals surface area (Å²) in [6.45, 7) is 13.0. The average molecular weight is 1250 g/mol. The summed E-state index contributed by atoms with van der Waals surface area (Å²) in [5.74, 6) is -1.72. The molecule has 3 rings (SSSR count). The van der Waals surface area contributed by atoms with Crippen molar-refractivity contribution in [2.24, 2.45) is 11.8 Å². The van der Waals surface area contributed by atoms with Crippen molar-refractivity contribution in [3.63, 3.8) is 0 Å². The summed E-state index contributed by atoms with van der Waals surface area (Å²) in [5.41, 5.74) is -11.7. The summed E-state index contributed by atoms with van der Waals surface area (Å²) < 4.78 is 145. The number of alkyl halides is 6. The molecule has 3 heterocycles. The number of hydrogen-bond donors (Lipinski definition) is 2. The van der Waals surface area contributed by atoms with Gasteiger partial charge in [0.05, 0.1) is 64.3 Å². The molecule has 0 spiro atoms. The van der Waals surface area contributed by atoms with Crippen LogP contribution in [0.5, 0.6) is 0 Å². The van der Waals surface area contributed by atoms with Gasteiger partial charge in [-0.15, -0.1) is 13.2 Å². The van der Waals surface area contributed by atoms with Crippen LogP contribution >= 0.6 is 0 Å². The van der Waals surface area contributed by atoms with Crippen LogP contribution < -0.4 is 0 Å². The molecular formula is C44H68F6O22S2Sn. The third-order valence-electron chi connectivity index (χ3n) is 8.94. The van der Waals surface area contributed by atoms with E-state index in [0.717, 1.165) is 32.1 Å². The summed E-state index contributed by atoms with van der Waals surface area (Å²) in [6.07, 6.45) is 12.9. The number of ether oxygens (including phenoxy) is 6. The third-order valence-corrected chi connectivity index (χ3v) is 15.6. The molecule has 0 aromatic heterocycles. The maximum absolute atomic E-state index is 12.2. The molecule has 434 valence electrons. The fourth-order valence-corrected chi connectivity index (χ4v) is 9.55. The monoisotopic (exact) mass is 1250 g/mol. The van der Waals surface area contributed by atoms with Gasteiger partial charge < -0.3 is 38.6 Å². The quantitative estimate of drug-likeness (QED) is 0.0236. The van der Waals surface area contributed by atoms with Gasteiger partial charge in [-0.3, -0.25) is 38.4 Å². The molecule has 22 nitrogen and oxygen atoms in total. The fourth-order valence-electron chi connectivity index (χ4n) is 5.21. The Balaban J connectivity index is -0.000000940. The second kappa shape index (κ2) is 43.8. The van der Waals surface area contributed by atoms with Crippen molar-refractivity contribution in [1.29, 1.82) is 0 Å². The van der Waals surface area contributed by atoms with Crippen LogP contribution in [0.4, 0.5) is 26.3 Å². The Kier molecular flexibility index (Phi) is 43.8. The van der Waals surface area contributed by atoms with Crippen LogP contribution in [-0.2, 0) is 92.1 Å². The third kappa shape index (κ3) is 41.6. The molecule has 0 bridgehead atoms. The molecule has 2 radical (unpaired) electrons. The molecular weight excluding hydrogens is 1180 g/mol. The number of halogens is 6. The van der Waals surface area contributed by atoms with Gasteiger partial charge in [0.25, 0.3) is 0 Å². The molecule has 3 aliphatic heterocycles. The van der Waals surface area contributed by atoms with Gasteiger partial charge in [-0.2, -0.15) is 0 Å². The number of aliphatic hydroxyl groups excluding tert-OH is 2. The van der Waals surface area contributed by atoms with Gasteiger partial charge in [0.15, 0.2) is 0 Å². The molecule has 2 unspecified atom stereocenters. The van der Waals surface area contributed by atoms with Gasteiger partial charge >= 0.3 is 137 Å². The summed E-state index contributed by atoms with van der Waals surface area (Å²) in [4.78, 5) is 88.4. The zero-order valence-electron chi connectivity index (χ0n) is 41.8. The fraction of sp³-hybridized carbons (Fsp3) is 0.727. The first-order valence-corrected chi connectivity index (χ1v) is 28.4. The molecule has 2 N–H and O–H groups in total.